The highest BCUT2D eigenvalue weighted by Crippen LogP contribution is 2.19. The molecule has 1 amide bonds. The Kier molecular flexibility index (Phi) is 4.79. The van der Waals surface area contributed by atoms with Gasteiger partial charge in [0.1, 0.15) is 0 Å². The average molecular weight is 380 g/mol. The molecule has 0 heterocycles. The normalized spacial score (nSPS) is 11.9. The molecule has 0 aliphatic heterocycles. The number of benzene rings is 1. The minimum atomic E-state index is -0.0900. The summed E-state index contributed by atoms with van der Waals surface area (Å²) in [5, 5.41) is 2.82. The Morgan fingerprint density at radius 1 is 1.67 bits per heavy atom. The minimum absolute atomic E-state index is 0.0257. The second kappa shape index (κ2) is 5.65. The van der Waals surface area contributed by atoms with Gasteiger partial charge in [0, 0.05) is 14.1 Å². The van der Waals surface area contributed by atoms with Crippen molar-refractivity contribution in [2.24, 2.45) is 0 Å². The quantitative estimate of drug-likeness (QED) is 0.633. The maximum absolute atomic E-state index is 11.8. The van der Waals surface area contributed by atoms with Gasteiger partial charge in [-0.1, -0.05) is 6.08 Å². The van der Waals surface area contributed by atoms with Gasteiger partial charge in [-0.25, -0.2) is 0 Å². The molecule has 0 saturated carbocycles. The van der Waals surface area contributed by atoms with Gasteiger partial charge in [-0.05, 0) is 63.6 Å². The predicted molar refractivity (Wildman–Crippen MR) is 74.0 cm³/mol. The average Bonchev–Trinajstić information content (AvgIpc) is 2.21. The molecule has 1 atom stereocenters. The fourth-order valence-corrected chi connectivity index (χ4v) is 1.93. The van der Waals surface area contributed by atoms with E-state index >= 15 is 0 Å². The Labute approximate surface area is 111 Å². The molecule has 0 radical (unpaired) electrons. The summed E-state index contributed by atoms with van der Waals surface area (Å²) in [5.41, 5.74) is 0.649. The molecule has 2 nitrogen and oxygen atoms in total. The van der Waals surface area contributed by atoms with Gasteiger partial charge >= 0.3 is 0 Å². The second-order valence-electron chi connectivity index (χ2n) is 3.12. The summed E-state index contributed by atoms with van der Waals surface area (Å²) in [7, 11) is 0. The lowest BCUT2D eigenvalue weighted by atomic mass is 10.2. The first kappa shape index (κ1) is 12.7. The maximum atomic E-state index is 11.8. The van der Waals surface area contributed by atoms with Crippen molar-refractivity contribution in [1.29, 1.82) is 0 Å². The van der Waals surface area contributed by atoms with E-state index in [4.69, 9.17) is 0 Å². The van der Waals surface area contributed by atoms with E-state index in [-0.39, 0.29) is 11.9 Å². The molecule has 4 heteroatoms. The topological polar surface area (TPSA) is 29.1 Å². The van der Waals surface area contributed by atoms with Gasteiger partial charge in [0.2, 0.25) is 0 Å². The van der Waals surface area contributed by atoms with Crippen molar-refractivity contribution in [3.05, 3.63) is 44.5 Å². The highest BCUT2D eigenvalue weighted by Gasteiger charge is 2.11. The summed E-state index contributed by atoms with van der Waals surface area (Å²) < 4.78 is 1.84. The van der Waals surface area contributed by atoms with Gasteiger partial charge in [-0.3, -0.25) is 4.79 Å². The molecule has 1 aromatic carbocycles. The summed E-state index contributed by atoms with van der Waals surface area (Å²) in [6, 6.07) is 5.63. The van der Waals surface area contributed by atoms with E-state index in [0.29, 0.717) is 5.56 Å². The Morgan fingerprint density at radius 2 is 2.33 bits per heavy atom. The van der Waals surface area contributed by atoms with Crippen molar-refractivity contribution in [2.75, 3.05) is 0 Å². The van der Waals surface area contributed by atoms with E-state index < -0.39 is 0 Å². The molecule has 80 valence electrons. The largest absolute Gasteiger partial charge is 0.346 e. The van der Waals surface area contributed by atoms with Gasteiger partial charge in [0.05, 0.1) is 5.56 Å². The monoisotopic (exact) mass is 379 g/mol. The number of hydrogen-bond donors (Lipinski definition) is 1. The molecule has 15 heavy (non-hydrogen) atoms. The maximum Gasteiger partial charge on any atom is 0.252 e. The summed E-state index contributed by atoms with van der Waals surface area (Å²) in [6.45, 7) is 5.50. The Balaban J connectivity index is 2.90. The number of nitrogens with one attached hydrogen (secondary N) is 1. The van der Waals surface area contributed by atoms with E-state index in [0.717, 1.165) is 8.04 Å². The highest BCUT2D eigenvalue weighted by atomic mass is 127. The summed E-state index contributed by atoms with van der Waals surface area (Å²) >= 11 is 5.53. The fourth-order valence-electron chi connectivity index (χ4n) is 1.01. The summed E-state index contributed by atoms with van der Waals surface area (Å²) in [4.78, 5) is 11.8. The van der Waals surface area contributed by atoms with Gasteiger partial charge in [-0.2, -0.15) is 0 Å². The molecule has 0 aromatic heterocycles. The van der Waals surface area contributed by atoms with Crippen LogP contribution < -0.4 is 5.32 Å². The number of halogens is 2. The van der Waals surface area contributed by atoms with E-state index in [1.54, 1.807) is 6.08 Å². The third-order valence-corrected chi connectivity index (χ3v) is 3.25. The second-order valence-corrected chi connectivity index (χ2v) is 5.22. The zero-order valence-corrected chi connectivity index (χ0v) is 12.0. The first-order chi connectivity index (χ1) is 7.04. The Morgan fingerprint density at radius 3 is 2.93 bits per heavy atom. The van der Waals surface area contributed by atoms with Gasteiger partial charge < -0.3 is 5.32 Å². The van der Waals surface area contributed by atoms with Crippen LogP contribution in [0.2, 0.25) is 0 Å². The molecular weight excluding hydrogens is 369 g/mol. The molecular formula is C11H11BrINO. The standard InChI is InChI=1S/C11H11BrINO/c1-3-7(2)14-11(15)9-6-8(13)4-5-10(9)12/h3-7H,1H2,2H3,(H,14,15). The third kappa shape index (κ3) is 3.61. The smallest absolute Gasteiger partial charge is 0.252 e. The fraction of sp³-hybridized carbons (Fsp3) is 0.182. The Bertz CT molecular complexity index is 392. The molecule has 0 saturated heterocycles. The van der Waals surface area contributed by atoms with Crippen molar-refractivity contribution in [1.82, 2.24) is 5.32 Å². The molecule has 1 unspecified atom stereocenters. The van der Waals surface area contributed by atoms with Crippen molar-refractivity contribution in [3.8, 4) is 0 Å². The first-order valence-electron chi connectivity index (χ1n) is 4.43. The number of amides is 1. The van der Waals surface area contributed by atoms with E-state index in [1.807, 2.05) is 25.1 Å². The van der Waals surface area contributed by atoms with Crippen molar-refractivity contribution in [3.63, 3.8) is 0 Å². The number of hydrogen-bond acceptors (Lipinski definition) is 1. The molecule has 1 rings (SSSR count). The molecule has 1 N–H and O–H groups in total. The lowest BCUT2D eigenvalue weighted by Crippen LogP contribution is -2.31. The van der Waals surface area contributed by atoms with Gasteiger partial charge in [-0.15, -0.1) is 6.58 Å². The number of carbonyl (C=O) groups is 1. The van der Waals surface area contributed by atoms with Crippen LogP contribution in [-0.2, 0) is 0 Å². The van der Waals surface area contributed by atoms with Crippen LogP contribution in [0.4, 0.5) is 0 Å². The van der Waals surface area contributed by atoms with Crippen LogP contribution in [-0.4, -0.2) is 11.9 Å². The van der Waals surface area contributed by atoms with Crippen molar-refractivity contribution < 1.29 is 4.79 Å². The van der Waals surface area contributed by atoms with Gasteiger partial charge in [0.25, 0.3) is 5.91 Å². The minimum Gasteiger partial charge on any atom is -0.346 e. The number of carbonyl (C=O) groups excluding carboxylic acids is 1. The lowest BCUT2D eigenvalue weighted by molar-refractivity contribution is 0.0946. The molecule has 1 aromatic rings. The molecule has 0 spiro atoms. The first-order valence-corrected chi connectivity index (χ1v) is 6.30. The Hall–Kier alpha value is -0.360. The molecule has 0 bridgehead atoms. The zero-order valence-electron chi connectivity index (χ0n) is 8.26. The SMILES string of the molecule is C=CC(C)NC(=O)c1cc(I)ccc1Br. The van der Waals surface area contributed by atoms with Crippen LogP contribution in [0.1, 0.15) is 17.3 Å². The third-order valence-electron chi connectivity index (χ3n) is 1.89. The van der Waals surface area contributed by atoms with Crippen LogP contribution in [0.5, 0.6) is 0 Å². The molecule has 0 fully saturated rings. The highest BCUT2D eigenvalue weighted by molar-refractivity contribution is 14.1. The van der Waals surface area contributed by atoms with E-state index in [9.17, 15) is 4.79 Å². The van der Waals surface area contributed by atoms with Crippen LogP contribution in [0, 0.1) is 3.57 Å². The molecule has 0 aliphatic carbocycles. The van der Waals surface area contributed by atoms with Gasteiger partial charge in [0.15, 0.2) is 0 Å². The van der Waals surface area contributed by atoms with Crippen molar-refractivity contribution >= 4 is 44.4 Å². The van der Waals surface area contributed by atoms with E-state index in [1.165, 1.54) is 0 Å². The van der Waals surface area contributed by atoms with E-state index in [2.05, 4.69) is 50.4 Å². The number of rotatable bonds is 3. The predicted octanol–water partition coefficient (Wildman–Crippen LogP) is 3.36. The van der Waals surface area contributed by atoms with Crippen molar-refractivity contribution in [2.45, 2.75) is 13.0 Å². The van der Waals surface area contributed by atoms with Crippen LogP contribution >= 0.6 is 38.5 Å². The van der Waals surface area contributed by atoms with Crippen LogP contribution in [0.25, 0.3) is 0 Å². The summed E-state index contributed by atoms with van der Waals surface area (Å²) in [5.74, 6) is -0.0900. The van der Waals surface area contributed by atoms with Crippen LogP contribution in [0.3, 0.4) is 0 Å². The van der Waals surface area contributed by atoms with Crippen LogP contribution in [0.15, 0.2) is 35.3 Å². The zero-order chi connectivity index (χ0) is 11.4. The summed E-state index contributed by atoms with van der Waals surface area (Å²) in [6.07, 6.45) is 1.69. The lowest BCUT2D eigenvalue weighted by Gasteiger charge is -2.10. The molecule has 0 aliphatic rings.